The Balaban J connectivity index is 1.69. The van der Waals surface area contributed by atoms with Gasteiger partial charge in [0.05, 0.1) is 5.69 Å². The molecule has 1 N–H and O–H groups in total. The van der Waals surface area contributed by atoms with Crippen LogP contribution in [-0.4, -0.2) is 26.7 Å². The van der Waals surface area contributed by atoms with E-state index in [4.69, 9.17) is 0 Å². The summed E-state index contributed by atoms with van der Waals surface area (Å²) in [7, 11) is 0. The molecular weight excluding hydrogens is 336 g/mol. The van der Waals surface area contributed by atoms with Gasteiger partial charge in [0.1, 0.15) is 0 Å². The maximum Gasteiger partial charge on any atom is 0.291 e. The highest BCUT2D eigenvalue weighted by Crippen LogP contribution is 2.22. The number of aryl methyl sites for hydroxylation is 1. The van der Waals surface area contributed by atoms with Gasteiger partial charge >= 0.3 is 0 Å². The van der Waals surface area contributed by atoms with E-state index in [2.05, 4.69) is 22.3 Å². The van der Waals surface area contributed by atoms with E-state index in [1.54, 1.807) is 4.68 Å². The lowest BCUT2D eigenvalue weighted by atomic mass is 9.95. The van der Waals surface area contributed by atoms with Crippen molar-refractivity contribution in [2.24, 2.45) is 0 Å². The number of benzene rings is 2. The molecule has 1 aliphatic rings. The summed E-state index contributed by atoms with van der Waals surface area (Å²) in [5.41, 5.74) is 3.01. The van der Waals surface area contributed by atoms with Gasteiger partial charge in [-0.25, -0.2) is 9.67 Å². The van der Waals surface area contributed by atoms with E-state index < -0.39 is 0 Å². The predicted octanol–water partition coefficient (Wildman–Crippen LogP) is 4.31. The average Bonchev–Trinajstić information content (AvgIpc) is 3.16. The Morgan fingerprint density at radius 1 is 1.00 bits per heavy atom. The minimum atomic E-state index is -0.190. The maximum absolute atomic E-state index is 12.7. The second-order valence-corrected chi connectivity index (χ2v) is 7.18. The van der Waals surface area contributed by atoms with Crippen molar-refractivity contribution in [2.75, 3.05) is 0 Å². The standard InChI is InChI=1S/C22H24N4O/c1-16-12-14-17(15-13-16)21-24-20(22(27)23-18-8-4-2-5-9-18)25-26(21)19-10-6-3-7-11-19/h3,6-7,10-15,18H,2,4-5,8-9H2,1H3,(H,23,27). The highest BCUT2D eigenvalue weighted by Gasteiger charge is 2.22. The Bertz CT molecular complexity index is 909. The molecule has 5 heteroatoms. The van der Waals surface area contributed by atoms with Crippen LogP contribution in [0.2, 0.25) is 0 Å². The van der Waals surface area contributed by atoms with Gasteiger partial charge in [0.25, 0.3) is 5.91 Å². The largest absolute Gasteiger partial charge is 0.347 e. The van der Waals surface area contributed by atoms with Crippen LogP contribution in [0.5, 0.6) is 0 Å². The third-order valence-electron chi connectivity index (χ3n) is 5.06. The van der Waals surface area contributed by atoms with Gasteiger partial charge in [-0.3, -0.25) is 4.79 Å². The molecule has 3 aromatic rings. The summed E-state index contributed by atoms with van der Waals surface area (Å²) in [6, 6.07) is 18.2. The highest BCUT2D eigenvalue weighted by molar-refractivity contribution is 5.91. The van der Waals surface area contributed by atoms with Crippen molar-refractivity contribution in [3.63, 3.8) is 0 Å². The van der Waals surface area contributed by atoms with Gasteiger partial charge in [-0.15, -0.1) is 5.10 Å². The molecule has 0 saturated heterocycles. The molecule has 0 spiro atoms. The third kappa shape index (κ3) is 3.92. The zero-order valence-electron chi connectivity index (χ0n) is 15.6. The summed E-state index contributed by atoms with van der Waals surface area (Å²) in [5, 5.41) is 7.65. The first-order chi connectivity index (χ1) is 13.2. The van der Waals surface area contributed by atoms with E-state index in [0.29, 0.717) is 5.82 Å². The van der Waals surface area contributed by atoms with Crippen molar-refractivity contribution >= 4 is 5.91 Å². The van der Waals surface area contributed by atoms with Gasteiger partial charge in [0.15, 0.2) is 5.82 Å². The van der Waals surface area contributed by atoms with Crippen LogP contribution in [0.15, 0.2) is 54.6 Å². The van der Waals surface area contributed by atoms with E-state index >= 15 is 0 Å². The molecule has 1 heterocycles. The Morgan fingerprint density at radius 2 is 1.70 bits per heavy atom. The van der Waals surface area contributed by atoms with Crippen molar-refractivity contribution in [2.45, 2.75) is 45.1 Å². The number of rotatable bonds is 4. The van der Waals surface area contributed by atoms with Gasteiger partial charge < -0.3 is 5.32 Å². The summed E-state index contributed by atoms with van der Waals surface area (Å²) in [4.78, 5) is 17.3. The Morgan fingerprint density at radius 3 is 2.41 bits per heavy atom. The third-order valence-corrected chi connectivity index (χ3v) is 5.06. The van der Waals surface area contributed by atoms with Crippen LogP contribution in [0.4, 0.5) is 0 Å². The molecule has 0 aliphatic heterocycles. The average molecular weight is 360 g/mol. The first-order valence-corrected chi connectivity index (χ1v) is 9.61. The second-order valence-electron chi connectivity index (χ2n) is 7.18. The number of carbonyl (C=O) groups is 1. The molecule has 2 aromatic carbocycles. The van der Waals surface area contributed by atoms with Gasteiger partial charge in [-0.05, 0) is 31.9 Å². The van der Waals surface area contributed by atoms with Crippen molar-refractivity contribution < 1.29 is 4.79 Å². The molecule has 0 bridgehead atoms. The number of nitrogens with zero attached hydrogens (tertiary/aromatic N) is 3. The fourth-order valence-electron chi connectivity index (χ4n) is 3.54. The van der Waals surface area contributed by atoms with E-state index in [0.717, 1.165) is 24.1 Å². The van der Waals surface area contributed by atoms with Gasteiger partial charge in [-0.2, -0.15) is 0 Å². The lowest BCUT2D eigenvalue weighted by Gasteiger charge is -2.21. The van der Waals surface area contributed by atoms with Gasteiger partial charge in [-0.1, -0.05) is 67.3 Å². The van der Waals surface area contributed by atoms with Gasteiger partial charge in [0, 0.05) is 11.6 Å². The molecule has 4 rings (SSSR count). The molecule has 1 aliphatic carbocycles. The van der Waals surface area contributed by atoms with Crippen molar-refractivity contribution in [3.05, 3.63) is 66.0 Å². The number of hydrogen-bond donors (Lipinski definition) is 1. The number of para-hydroxylation sites is 1. The minimum absolute atomic E-state index is 0.190. The highest BCUT2D eigenvalue weighted by atomic mass is 16.2. The lowest BCUT2D eigenvalue weighted by molar-refractivity contribution is 0.0917. The zero-order chi connectivity index (χ0) is 18.6. The fraction of sp³-hybridized carbons (Fsp3) is 0.318. The SMILES string of the molecule is Cc1ccc(-c2nc(C(=O)NC3CCCCC3)nn2-c2ccccc2)cc1. The van der Waals surface area contributed by atoms with Crippen LogP contribution in [0.3, 0.4) is 0 Å². The molecular formula is C22H24N4O. The van der Waals surface area contributed by atoms with Gasteiger partial charge in [0.2, 0.25) is 5.82 Å². The predicted molar refractivity (Wildman–Crippen MR) is 106 cm³/mol. The molecule has 0 atom stereocenters. The Hall–Kier alpha value is -2.95. The monoisotopic (exact) mass is 360 g/mol. The zero-order valence-corrected chi connectivity index (χ0v) is 15.6. The van der Waals surface area contributed by atoms with Crippen LogP contribution < -0.4 is 5.32 Å². The molecule has 0 unspecified atom stereocenters. The molecule has 1 fully saturated rings. The number of nitrogens with one attached hydrogen (secondary N) is 1. The fourth-order valence-corrected chi connectivity index (χ4v) is 3.54. The normalized spacial score (nSPS) is 14.9. The summed E-state index contributed by atoms with van der Waals surface area (Å²) < 4.78 is 1.75. The second kappa shape index (κ2) is 7.74. The van der Waals surface area contributed by atoms with E-state index in [1.807, 2.05) is 54.6 Å². The van der Waals surface area contributed by atoms with E-state index in [-0.39, 0.29) is 17.8 Å². The summed E-state index contributed by atoms with van der Waals surface area (Å²) in [6.45, 7) is 2.05. The molecule has 5 nitrogen and oxygen atoms in total. The molecule has 27 heavy (non-hydrogen) atoms. The van der Waals surface area contributed by atoms with Crippen molar-refractivity contribution in [3.8, 4) is 17.1 Å². The van der Waals surface area contributed by atoms with E-state index in [9.17, 15) is 4.79 Å². The summed E-state index contributed by atoms with van der Waals surface area (Å²) in [5.74, 6) is 0.708. The number of aromatic nitrogens is 3. The first kappa shape index (κ1) is 17.5. The number of hydrogen-bond acceptors (Lipinski definition) is 3. The quantitative estimate of drug-likeness (QED) is 0.754. The van der Waals surface area contributed by atoms with E-state index in [1.165, 1.54) is 24.8 Å². The Kier molecular flexibility index (Phi) is 5.01. The van der Waals surface area contributed by atoms with Crippen LogP contribution >= 0.6 is 0 Å². The Labute approximate surface area is 159 Å². The molecule has 138 valence electrons. The first-order valence-electron chi connectivity index (χ1n) is 9.61. The summed E-state index contributed by atoms with van der Waals surface area (Å²) in [6.07, 6.45) is 5.67. The maximum atomic E-state index is 12.7. The number of carbonyl (C=O) groups excluding carboxylic acids is 1. The molecule has 1 amide bonds. The molecule has 1 aromatic heterocycles. The van der Waals surface area contributed by atoms with Crippen LogP contribution in [0.1, 0.15) is 48.3 Å². The van der Waals surface area contributed by atoms with Crippen LogP contribution in [0.25, 0.3) is 17.1 Å². The van der Waals surface area contributed by atoms with Crippen LogP contribution in [-0.2, 0) is 0 Å². The van der Waals surface area contributed by atoms with Crippen LogP contribution in [0, 0.1) is 6.92 Å². The smallest absolute Gasteiger partial charge is 0.291 e. The topological polar surface area (TPSA) is 59.8 Å². The molecule has 1 saturated carbocycles. The lowest BCUT2D eigenvalue weighted by Crippen LogP contribution is -2.36. The van der Waals surface area contributed by atoms with Crippen molar-refractivity contribution in [1.29, 1.82) is 0 Å². The molecule has 0 radical (unpaired) electrons. The minimum Gasteiger partial charge on any atom is -0.347 e. The number of amides is 1. The summed E-state index contributed by atoms with van der Waals surface area (Å²) >= 11 is 0. The van der Waals surface area contributed by atoms with Crippen molar-refractivity contribution in [1.82, 2.24) is 20.1 Å².